The number of nitrogens with one attached hydrogen (secondary N) is 1. The summed E-state index contributed by atoms with van der Waals surface area (Å²) in [6.45, 7) is 2.93. The fraction of sp³-hybridized carbons (Fsp3) is 0.290. The summed E-state index contributed by atoms with van der Waals surface area (Å²) in [6, 6.07) is 19.8. The van der Waals surface area contributed by atoms with Gasteiger partial charge in [-0.2, -0.15) is 0 Å². The van der Waals surface area contributed by atoms with Crippen molar-refractivity contribution in [1.82, 2.24) is 4.90 Å². The van der Waals surface area contributed by atoms with Crippen molar-refractivity contribution in [1.29, 1.82) is 0 Å². The van der Waals surface area contributed by atoms with Crippen LogP contribution in [0.4, 0.5) is 5.69 Å². The molecule has 1 fully saturated rings. The highest BCUT2D eigenvalue weighted by Crippen LogP contribution is 2.61. The van der Waals surface area contributed by atoms with Gasteiger partial charge in [0.05, 0.1) is 22.5 Å². The van der Waals surface area contributed by atoms with Crippen molar-refractivity contribution in [3.05, 3.63) is 98.5 Å². The number of hydrogen-bond donors (Lipinski definition) is 1. The molecule has 1 aliphatic heterocycles. The van der Waals surface area contributed by atoms with Crippen molar-refractivity contribution in [3.8, 4) is 0 Å². The second kappa shape index (κ2) is 10.2. The molecular weight excluding hydrogens is 596 g/mol. The van der Waals surface area contributed by atoms with Crippen LogP contribution in [0.1, 0.15) is 47.9 Å². The lowest BCUT2D eigenvalue weighted by Crippen LogP contribution is -2.49. The quantitative estimate of drug-likeness (QED) is 0.290. The number of esters is 1. The molecule has 1 heterocycles. The average molecular weight is 622 g/mol. The van der Waals surface area contributed by atoms with Gasteiger partial charge in [-0.15, -0.1) is 0 Å². The fourth-order valence-corrected chi connectivity index (χ4v) is 7.37. The molecule has 0 spiro atoms. The van der Waals surface area contributed by atoms with E-state index in [-0.39, 0.29) is 23.7 Å². The topological polar surface area (TPSA) is 92.8 Å². The van der Waals surface area contributed by atoms with Crippen LogP contribution in [0.15, 0.2) is 71.2 Å². The first-order valence-electron chi connectivity index (χ1n) is 13.1. The Morgan fingerprint density at radius 1 is 0.900 bits per heavy atom. The summed E-state index contributed by atoms with van der Waals surface area (Å²) in [7, 11) is 0. The van der Waals surface area contributed by atoms with Crippen LogP contribution in [0.2, 0.25) is 5.02 Å². The van der Waals surface area contributed by atoms with E-state index < -0.39 is 42.3 Å². The molecule has 0 radical (unpaired) electrons. The van der Waals surface area contributed by atoms with Crippen LogP contribution in [-0.4, -0.2) is 41.2 Å². The molecule has 1 saturated heterocycles. The molecule has 7 rings (SSSR count). The Morgan fingerprint density at radius 2 is 1.40 bits per heavy atom. The zero-order chi connectivity index (χ0) is 28.3. The Morgan fingerprint density at radius 3 is 1.85 bits per heavy atom. The van der Waals surface area contributed by atoms with Crippen LogP contribution in [-0.2, 0) is 23.9 Å². The molecule has 0 unspecified atom stereocenters. The lowest BCUT2D eigenvalue weighted by Gasteiger charge is -2.45. The molecule has 0 saturated carbocycles. The SMILES string of the molecule is CC(C)[C@H](C(=O)OCC(=O)Nc1ccc(Br)cc1Cl)N1C(=O)[C@@H]2C3c4ccccc4C(c4ccccc43)[C@@H]2C1=O. The Kier molecular flexibility index (Phi) is 6.79. The third kappa shape index (κ3) is 4.16. The van der Waals surface area contributed by atoms with Gasteiger partial charge in [-0.25, -0.2) is 4.79 Å². The number of hydrogen-bond acceptors (Lipinski definition) is 5. The van der Waals surface area contributed by atoms with Crippen molar-refractivity contribution >= 4 is 56.9 Å². The molecule has 3 aromatic rings. The van der Waals surface area contributed by atoms with E-state index in [2.05, 4.69) is 21.2 Å². The normalized spacial score (nSPS) is 23.0. The van der Waals surface area contributed by atoms with E-state index in [1.165, 1.54) is 0 Å². The van der Waals surface area contributed by atoms with Gasteiger partial charge < -0.3 is 10.1 Å². The highest BCUT2D eigenvalue weighted by molar-refractivity contribution is 9.10. The molecule has 3 aliphatic carbocycles. The second-order valence-electron chi connectivity index (χ2n) is 10.8. The monoisotopic (exact) mass is 620 g/mol. The number of amides is 3. The van der Waals surface area contributed by atoms with E-state index in [4.69, 9.17) is 16.3 Å². The average Bonchev–Trinajstić information content (AvgIpc) is 3.19. The van der Waals surface area contributed by atoms with Crippen LogP contribution in [0.5, 0.6) is 0 Å². The van der Waals surface area contributed by atoms with E-state index in [1.807, 2.05) is 48.5 Å². The maximum Gasteiger partial charge on any atom is 0.330 e. The molecule has 4 aliphatic rings. The van der Waals surface area contributed by atoms with Crippen LogP contribution >= 0.6 is 27.5 Å². The van der Waals surface area contributed by atoms with Crippen LogP contribution < -0.4 is 5.32 Å². The Balaban J connectivity index is 1.26. The summed E-state index contributed by atoms with van der Waals surface area (Å²) in [5, 5.41) is 2.93. The lowest BCUT2D eigenvalue weighted by molar-refractivity contribution is -0.162. The van der Waals surface area contributed by atoms with Gasteiger partial charge in [-0.1, -0.05) is 89.9 Å². The van der Waals surface area contributed by atoms with Crippen molar-refractivity contribution in [3.63, 3.8) is 0 Å². The van der Waals surface area contributed by atoms with E-state index in [9.17, 15) is 19.2 Å². The first kappa shape index (κ1) is 26.7. The number of carbonyl (C=O) groups is 4. The summed E-state index contributed by atoms with van der Waals surface area (Å²) in [4.78, 5) is 55.1. The second-order valence-corrected chi connectivity index (χ2v) is 12.1. The minimum atomic E-state index is -1.15. The highest BCUT2D eigenvalue weighted by atomic mass is 79.9. The molecule has 40 heavy (non-hydrogen) atoms. The molecule has 2 bridgehead atoms. The summed E-state index contributed by atoms with van der Waals surface area (Å²) in [6.07, 6.45) is 0. The number of ether oxygens (including phenoxy) is 1. The van der Waals surface area contributed by atoms with Crippen molar-refractivity contribution in [2.45, 2.75) is 31.7 Å². The molecular formula is C31H26BrClN2O5. The number of likely N-dealkylation sites (tertiary alicyclic amines) is 1. The summed E-state index contributed by atoms with van der Waals surface area (Å²) in [5.74, 6) is -4.27. The maximum atomic E-state index is 14.1. The number of nitrogens with zero attached hydrogens (tertiary/aromatic N) is 1. The maximum absolute atomic E-state index is 14.1. The number of benzene rings is 3. The lowest BCUT2D eigenvalue weighted by atomic mass is 9.55. The van der Waals surface area contributed by atoms with E-state index in [1.54, 1.807) is 32.0 Å². The zero-order valence-electron chi connectivity index (χ0n) is 21.8. The summed E-state index contributed by atoms with van der Waals surface area (Å²) < 4.78 is 6.12. The zero-order valence-corrected chi connectivity index (χ0v) is 24.1. The van der Waals surface area contributed by atoms with Crippen LogP contribution in [0.25, 0.3) is 0 Å². The first-order valence-corrected chi connectivity index (χ1v) is 14.3. The van der Waals surface area contributed by atoms with Gasteiger partial charge in [-0.3, -0.25) is 19.3 Å². The number of rotatable bonds is 6. The van der Waals surface area contributed by atoms with Gasteiger partial charge in [0.1, 0.15) is 6.04 Å². The third-order valence-corrected chi connectivity index (χ3v) is 8.99. The molecule has 3 amide bonds. The largest absolute Gasteiger partial charge is 0.454 e. The van der Waals surface area contributed by atoms with E-state index >= 15 is 0 Å². The standard InChI is InChI=1S/C31H26BrClN2O5/c1-15(2)28(31(39)40-14-23(36)34-22-12-11-16(32)13-21(22)33)35-29(37)26-24-17-7-3-4-8-18(17)25(27(26)30(35)38)20-10-6-5-9-19(20)24/h3-13,15,24-28H,14H2,1-2H3,(H,34,36)/t24?,25?,26-,27+,28-/m1/s1. The minimum Gasteiger partial charge on any atom is -0.454 e. The Hall–Kier alpha value is -3.49. The predicted octanol–water partition coefficient (Wildman–Crippen LogP) is 5.50. The molecule has 3 atom stereocenters. The molecule has 1 N–H and O–H groups in total. The third-order valence-electron chi connectivity index (χ3n) is 8.18. The molecule has 204 valence electrons. The van der Waals surface area contributed by atoms with Gasteiger partial charge in [0.25, 0.3) is 5.91 Å². The first-order chi connectivity index (χ1) is 19.2. The van der Waals surface area contributed by atoms with Gasteiger partial charge >= 0.3 is 5.97 Å². The molecule has 0 aromatic heterocycles. The minimum absolute atomic E-state index is 0.269. The Bertz CT molecular complexity index is 1460. The van der Waals surface area contributed by atoms with Gasteiger partial charge in [0, 0.05) is 16.3 Å². The molecule has 9 heteroatoms. The van der Waals surface area contributed by atoms with Crippen molar-refractivity contribution in [2.24, 2.45) is 17.8 Å². The molecule has 7 nitrogen and oxygen atoms in total. The smallest absolute Gasteiger partial charge is 0.330 e. The number of halogens is 2. The van der Waals surface area contributed by atoms with Crippen LogP contribution in [0, 0.1) is 17.8 Å². The van der Waals surface area contributed by atoms with Gasteiger partial charge in [-0.05, 0) is 46.4 Å². The predicted molar refractivity (Wildman–Crippen MR) is 153 cm³/mol. The van der Waals surface area contributed by atoms with Gasteiger partial charge in [0.15, 0.2) is 6.61 Å². The number of imide groups is 1. The summed E-state index contributed by atoms with van der Waals surface area (Å²) >= 11 is 9.48. The van der Waals surface area contributed by atoms with Crippen molar-refractivity contribution < 1.29 is 23.9 Å². The number of anilines is 1. The molecule has 3 aromatic carbocycles. The summed E-state index contributed by atoms with van der Waals surface area (Å²) in [5.41, 5.74) is 4.60. The van der Waals surface area contributed by atoms with E-state index in [0.29, 0.717) is 10.7 Å². The van der Waals surface area contributed by atoms with Crippen molar-refractivity contribution in [2.75, 3.05) is 11.9 Å². The Labute approximate surface area is 245 Å². The van der Waals surface area contributed by atoms with Crippen LogP contribution in [0.3, 0.4) is 0 Å². The van der Waals surface area contributed by atoms with Gasteiger partial charge in [0.2, 0.25) is 11.8 Å². The van der Waals surface area contributed by atoms with E-state index in [0.717, 1.165) is 31.6 Å². The fourth-order valence-electron chi connectivity index (χ4n) is 6.65. The number of carbonyl (C=O) groups excluding carboxylic acids is 4. The highest BCUT2D eigenvalue weighted by Gasteiger charge is 2.63.